The van der Waals surface area contributed by atoms with E-state index in [0.717, 1.165) is 19.3 Å². The van der Waals surface area contributed by atoms with Gasteiger partial charge in [0.2, 0.25) is 0 Å². The zero-order chi connectivity index (χ0) is 26.2. The average Bonchev–Trinajstić information content (AvgIpc) is 2.76. The molecule has 0 bridgehead atoms. The van der Waals surface area contributed by atoms with Crippen LogP contribution in [0, 0.1) is 0 Å². The fraction of sp³-hybridized carbons (Fsp3) is 0.821. The molecule has 0 heterocycles. The molecule has 0 atom stereocenters. The van der Waals surface area contributed by atoms with Crippen molar-refractivity contribution in [1.29, 1.82) is 0 Å². The lowest BCUT2D eigenvalue weighted by Gasteiger charge is -2.34. The van der Waals surface area contributed by atoms with Crippen molar-refractivity contribution < 1.29 is 34.2 Å². The van der Waals surface area contributed by atoms with Gasteiger partial charge in [0.25, 0.3) is 0 Å². The summed E-state index contributed by atoms with van der Waals surface area (Å²) in [7, 11) is 0. The maximum Gasteiger partial charge on any atom is 0.359 e. The molecule has 0 rings (SSSR count). The second kappa shape index (κ2) is 22.6. The molecular weight excluding hydrogens is 446 g/mol. The van der Waals surface area contributed by atoms with Crippen molar-refractivity contribution in [3.05, 3.63) is 12.2 Å². The molecule has 0 fully saturated rings. The molecule has 0 unspecified atom stereocenters. The van der Waals surface area contributed by atoms with Crippen molar-refractivity contribution in [3.8, 4) is 0 Å². The molecule has 0 aromatic heterocycles. The number of carbonyl (C=O) groups is 3. The van der Waals surface area contributed by atoms with Gasteiger partial charge in [-0.3, -0.25) is 4.48 Å². The van der Waals surface area contributed by atoms with Crippen molar-refractivity contribution in [2.45, 2.75) is 122 Å². The molecule has 7 nitrogen and oxygen atoms in total. The maximum absolute atomic E-state index is 11.2. The molecule has 0 aliphatic rings. The van der Waals surface area contributed by atoms with Crippen molar-refractivity contribution in [2.75, 3.05) is 26.2 Å². The summed E-state index contributed by atoms with van der Waals surface area (Å²) in [5.74, 6) is -3.50. The number of hydrogen-bond acceptors (Lipinski definition) is 3. The Morgan fingerprint density at radius 2 is 0.800 bits per heavy atom. The Balaban J connectivity index is 3.67. The number of unbranched alkanes of at least 4 members (excludes halogenated alkanes) is 17. The van der Waals surface area contributed by atoms with E-state index in [1.54, 1.807) is 0 Å². The van der Waals surface area contributed by atoms with E-state index in [-0.39, 0.29) is 6.54 Å². The van der Waals surface area contributed by atoms with Gasteiger partial charge in [-0.2, -0.15) is 0 Å². The first-order valence-electron chi connectivity index (χ1n) is 13.9. The lowest BCUT2D eigenvalue weighted by Crippen LogP contribution is -2.57. The third-order valence-corrected chi connectivity index (χ3v) is 6.65. The van der Waals surface area contributed by atoms with Crippen LogP contribution in [0.3, 0.4) is 0 Å². The molecule has 204 valence electrons. The molecule has 7 heteroatoms. The van der Waals surface area contributed by atoms with Gasteiger partial charge < -0.3 is 15.3 Å². The molecule has 3 N–H and O–H groups in total. The summed E-state index contributed by atoms with van der Waals surface area (Å²) >= 11 is 0. The Hall–Kier alpha value is -1.89. The third kappa shape index (κ3) is 22.3. The van der Waals surface area contributed by atoms with Crippen LogP contribution in [0.25, 0.3) is 0 Å². The molecule has 0 amide bonds. The second-order valence-corrected chi connectivity index (χ2v) is 10.1. The van der Waals surface area contributed by atoms with Crippen LogP contribution in [0.4, 0.5) is 0 Å². The van der Waals surface area contributed by atoms with Gasteiger partial charge in [-0.1, -0.05) is 102 Å². The monoisotopic (exact) mass is 498 g/mol. The predicted molar refractivity (Wildman–Crippen MR) is 141 cm³/mol. The lowest BCUT2D eigenvalue weighted by molar-refractivity contribution is -0.907. The number of quaternary nitrogens is 1. The average molecular weight is 499 g/mol. The highest BCUT2D eigenvalue weighted by atomic mass is 16.4. The summed E-state index contributed by atoms with van der Waals surface area (Å²) in [6.45, 7) is 0.921. The molecule has 0 aromatic rings. The van der Waals surface area contributed by atoms with Crippen LogP contribution in [-0.2, 0) is 14.4 Å². The van der Waals surface area contributed by atoms with E-state index in [0.29, 0.717) is 6.42 Å². The van der Waals surface area contributed by atoms with E-state index in [4.69, 9.17) is 15.3 Å². The van der Waals surface area contributed by atoms with Crippen molar-refractivity contribution >= 4 is 17.9 Å². The molecule has 0 aliphatic carbocycles. The first-order valence-corrected chi connectivity index (χ1v) is 13.9. The first-order chi connectivity index (χ1) is 16.8. The van der Waals surface area contributed by atoms with Crippen LogP contribution >= 0.6 is 0 Å². The fourth-order valence-corrected chi connectivity index (χ4v) is 4.79. The van der Waals surface area contributed by atoms with E-state index in [1.807, 2.05) is 0 Å². The molecule has 0 aliphatic heterocycles. The van der Waals surface area contributed by atoms with Gasteiger partial charge in [0.05, 0.1) is 6.54 Å². The lowest BCUT2D eigenvalue weighted by atomic mass is 10.0. The highest BCUT2D eigenvalue weighted by molar-refractivity contribution is 5.73. The normalized spacial score (nSPS) is 11.8. The highest BCUT2D eigenvalue weighted by Crippen LogP contribution is 2.16. The SMILES string of the molecule is C/C=C/CCCCCCCCCCCCCCCCCCC[N+](CC(=O)O)(CC(=O)O)CC(=O)O. The number of carboxylic acids is 3. The number of aliphatic carboxylic acids is 3. The van der Waals surface area contributed by atoms with E-state index in [9.17, 15) is 14.4 Å². The molecule has 35 heavy (non-hydrogen) atoms. The van der Waals surface area contributed by atoms with Crippen LogP contribution < -0.4 is 0 Å². The van der Waals surface area contributed by atoms with Gasteiger partial charge >= 0.3 is 17.9 Å². The summed E-state index contributed by atoms with van der Waals surface area (Å²) in [4.78, 5) is 33.6. The van der Waals surface area contributed by atoms with E-state index >= 15 is 0 Å². The van der Waals surface area contributed by atoms with Crippen LogP contribution in [0.5, 0.6) is 0 Å². The summed E-state index contributed by atoms with van der Waals surface area (Å²) in [6.07, 6.45) is 26.6. The molecule has 0 saturated heterocycles. The van der Waals surface area contributed by atoms with E-state index in [1.165, 1.54) is 89.9 Å². The van der Waals surface area contributed by atoms with E-state index < -0.39 is 42.0 Å². The van der Waals surface area contributed by atoms with Crippen LogP contribution in [0.15, 0.2) is 12.2 Å². The summed E-state index contributed by atoms with van der Waals surface area (Å²) < 4.78 is -0.434. The number of hydrogen-bond donors (Lipinski definition) is 3. The van der Waals surface area contributed by atoms with Crippen molar-refractivity contribution in [3.63, 3.8) is 0 Å². The minimum absolute atomic E-state index is 0.265. The number of nitrogens with zero attached hydrogens (tertiary/aromatic N) is 1. The fourth-order valence-electron chi connectivity index (χ4n) is 4.79. The smallest absolute Gasteiger partial charge is 0.359 e. The largest absolute Gasteiger partial charge is 0.477 e. The third-order valence-electron chi connectivity index (χ3n) is 6.65. The quantitative estimate of drug-likeness (QED) is 0.0699. The first kappa shape index (κ1) is 33.1. The molecule has 0 saturated carbocycles. The number of allylic oxidation sites excluding steroid dienone is 2. The Bertz CT molecular complexity index is 549. The van der Waals surface area contributed by atoms with Crippen molar-refractivity contribution in [1.82, 2.24) is 0 Å². The predicted octanol–water partition coefficient (Wildman–Crippen LogP) is 6.65. The standard InChI is InChI=1S/C28H51NO6/c1-2-3-4-5-6-7-8-9-10-11-12-13-14-15-16-17-18-19-20-21-22-29(23-26(30)31,24-27(32)33)25-28(34)35/h2-3H,4-25H2,1H3,(H2-,30,31,32,33,34,35)/p+1/b3-2+. The number of rotatable bonds is 26. The van der Waals surface area contributed by atoms with Crippen LogP contribution in [0.1, 0.15) is 122 Å². The topological polar surface area (TPSA) is 112 Å². The van der Waals surface area contributed by atoms with Crippen LogP contribution in [-0.4, -0.2) is 63.9 Å². The van der Waals surface area contributed by atoms with Gasteiger partial charge in [-0.15, -0.1) is 0 Å². The van der Waals surface area contributed by atoms with Gasteiger partial charge in [-0.05, 0) is 32.6 Å². The van der Waals surface area contributed by atoms with Crippen LogP contribution in [0.2, 0.25) is 0 Å². The molecule has 0 radical (unpaired) electrons. The molecular formula is C28H52NO6+. The summed E-state index contributed by atoms with van der Waals surface area (Å²) in [5.41, 5.74) is 0. The molecule has 0 spiro atoms. The Morgan fingerprint density at radius 1 is 0.514 bits per heavy atom. The van der Waals surface area contributed by atoms with Gasteiger partial charge in [0.15, 0.2) is 19.6 Å². The summed E-state index contributed by atoms with van der Waals surface area (Å²) in [6, 6.07) is 0. The van der Waals surface area contributed by atoms with E-state index in [2.05, 4.69) is 19.1 Å². The highest BCUT2D eigenvalue weighted by Gasteiger charge is 2.35. The Kier molecular flexibility index (Phi) is 21.3. The van der Waals surface area contributed by atoms with Gasteiger partial charge in [0.1, 0.15) is 0 Å². The maximum atomic E-state index is 11.2. The number of carboxylic acid groups (broad SMARTS) is 3. The second-order valence-electron chi connectivity index (χ2n) is 10.1. The summed E-state index contributed by atoms with van der Waals surface area (Å²) in [5, 5.41) is 27.4. The zero-order valence-electron chi connectivity index (χ0n) is 22.2. The van der Waals surface area contributed by atoms with Crippen molar-refractivity contribution in [2.24, 2.45) is 0 Å². The Labute approximate surface area is 213 Å². The van der Waals surface area contributed by atoms with Gasteiger partial charge in [-0.25, -0.2) is 14.4 Å². The minimum atomic E-state index is -1.17. The minimum Gasteiger partial charge on any atom is -0.477 e. The zero-order valence-corrected chi connectivity index (χ0v) is 22.2. The van der Waals surface area contributed by atoms with Gasteiger partial charge in [0, 0.05) is 0 Å². The molecule has 0 aromatic carbocycles. The Morgan fingerprint density at radius 3 is 1.09 bits per heavy atom.